The summed E-state index contributed by atoms with van der Waals surface area (Å²) in [5, 5.41) is 5.00. The van der Waals surface area contributed by atoms with Gasteiger partial charge in [-0.15, -0.1) is 0 Å². The quantitative estimate of drug-likeness (QED) is 0.174. The molecule has 2 aromatic rings. The Morgan fingerprint density at radius 1 is 1.13 bits per heavy atom. The summed E-state index contributed by atoms with van der Waals surface area (Å²) in [5.74, 6) is -1.18. The maximum absolute atomic E-state index is 12.7. The van der Waals surface area contributed by atoms with Crippen molar-refractivity contribution in [3.63, 3.8) is 0 Å². The lowest BCUT2D eigenvalue weighted by Crippen LogP contribution is -2.51. The molecule has 2 aromatic carbocycles. The van der Waals surface area contributed by atoms with E-state index in [0.717, 1.165) is 0 Å². The number of amides is 2. The first kappa shape index (κ1) is 23.4. The van der Waals surface area contributed by atoms with E-state index < -0.39 is 21.9 Å². The molecule has 0 bridgehead atoms. The average molecular weight is 593 g/mol. The molecule has 1 aliphatic rings. The van der Waals surface area contributed by atoms with E-state index in [0.29, 0.717) is 14.2 Å². The monoisotopic (exact) mass is 592 g/mol. The molecule has 1 aliphatic heterocycles. The number of nitrogens with one attached hydrogen (secondary N) is 2. The molecule has 2 N–H and O–H groups in total. The van der Waals surface area contributed by atoms with Crippen LogP contribution in [0.2, 0.25) is 5.02 Å². The summed E-state index contributed by atoms with van der Waals surface area (Å²) in [6, 6.07) is 8.55. The SMILES string of the molecule is CCOc1cc(C=C2C(=O)NC(=S)NC2=O)cc(I)c1OS(=O)(=O)c1ccc(Cl)cc1. The third-order valence-corrected chi connectivity index (χ3v) is 6.37. The third kappa shape index (κ3) is 5.53. The van der Waals surface area contributed by atoms with Gasteiger partial charge in [0, 0.05) is 5.02 Å². The fourth-order valence-corrected chi connectivity index (χ4v) is 4.70. The van der Waals surface area contributed by atoms with Crippen molar-refractivity contribution in [2.24, 2.45) is 0 Å². The summed E-state index contributed by atoms with van der Waals surface area (Å²) in [4.78, 5) is 24.1. The molecule has 1 saturated heterocycles. The largest absolute Gasteiger partial charge is 0.490 e. The van der Waals surface area contributed by atoms with E-state index in [-0.39, 0.29) is 33.7 Å². The summed E-state index contributed by atoms with van der Waals surface area (Å²) < 4.78 is 36.7. The molecular weight excluding hydrogens is 579 g/mol. The molecule has 0 atom stereocenters. The number of rotatable bonds is 6. The number of hydrogen-bond donors (Lipinski definition) is 2. The van der Waals surface area contributed by atoms with Crippen LogP contribution in [0.3, 0.4) is 0 Å². The first-order valence-electron chi connectivity index (χ1n) is 8.65. The fraction of sp³-hybridized carbons (Fsp3) is 0.105. The topological polar surface area (TPSA) is 111 Å². The van der Waals surface area contributed by atoms with Crippen molar-refractivity contribution in [1.29, 1.82) is 0 Å². The maximum Gasteiger partial charge on any atom is 0.339 e. The predicted molar refractivity (Wildman–Crippen MR) is 126 cm³/mol. The Hall–Kier alpha value is -2.22. The lowest BCUT2D eigenvalue weighted by molar-refractivity contribution is -0.123. The van der Waals surface area contributed by atoms with Gasteiger partial charge in [-0.25, -0.2) is 0 Å². The van der Waals surface area contributed by atoms with Gasteiger partial charge in [0.1, 0.15) is 10.5 Å². The second-order valence-corrected chi connectivity index (χ2v) is 9.60. The van der Waals surface area contributed by atoms with Gasteiger partial charge in [0.15, 0.2) is 16.6 Å². The lowest BCUT2D eigenvalue weighted by Gasteiger charge is -2.17. The molecule has 0 saturated carbocycles. The molecule has 162 valence electrons. The van der Waals surface area contributed by atoms with Gasteiger partial charge in [0.25, 0.3) is 11.8 Å². The molecular formula is C19H14ClIN2O6S2. The van der Waals surface area contributed by atoms with Crippen LogP contribution >= 0.6 is 46.4 Å². The molecule has 1 heterocycles. The van der Waals surface area contributed by atoms with Gasteiger partial charge in [-0.1, -0.05) is 11.6 Å². The molecule has 0 unspecified atom stereocenters. The number of ether oxygens (including phenoxy) is 1. The van der Waals surface area contributed by atoms with Crippen LogP contribution in [-0.2, 0) is 19.7 Å². The molecule has 3 rings (SSSR count). The van der Waals surface area contributed by atoms with Crippen molar-refractivity contribution < 1.29 is 26.9 Å². The Morgan fingerprint density at radius 3 is 2.32 bits per heavy atom. The Bertz CT molecular complexity index is 1190. The molecule has 0 spiro atoms. The van der Waals surface area contributed by atoms with Gasteiger partial charge in [0.05, 0.1) is 10.2 Å². The van der Waals surface area contributed by atoms with Crippen LogP contribution in [0.4, 0.5) is 0 Å². The molecule has 31 heavy (non-hydrogen) atoms. The highest BCUT2D eigenvalue weighted by Gasteiger charge is 2.27. The van der Waals surface area contributed by atoms with E-state index in [4.69, 9.17) is 32.7 Å². The van der Waals surface area contributed by atoms with Crippen molar-refractivity contribution >= 4 is 79.5 Å². The minimum atomic E-state index is -4.16. The summed E-state index contributed by atoms with van der Waals surface area (Å²) >= 11 is 12.5. The maximum atomic E-state index is 12.7. The van der Waals surface area contributed by atoms with E-state index in [1.807, 2.05) is 22.6 Å². The zero-order valence-electron chi connectivity index (χ0n) is 15.8. The molecule has 2 amide bonds. The van der Waals surface area contributed by atoms with Crippen LogP contribution in [0.5, 0.6) is 11.5 Å². The number of thiocarbonyl (C=S) groups is 1. The van der Waals surface area contributed by atoms with Crippen molar-refractivity contribution in [3.05, 3.63) is 56.1 Å². The first-order valence-corrected chi connectivity index (χ1v) is 11.9. The van der Waals surface area contributed by atoms with Gasteiger partial charge in [0.2, 0.25) is 0 Å². The Balaban J connectivity index is 2.00. The molecule has 0 aliphatic carbocycles. The summed E-state index contributed by atoms with van der Waals surface area (Å²) in [7, 11) is -4.16. The van der Waals surface area contributed by atoms with Gasteiger partial charge < -0.3 is 8.92 Å². The minimum Gasteiger partial charge on any atom is -0.490 e. The highest BCUT2D eigenvalue weighted by molar-refractivity contribution is 14.1. The van der Waals surface area contributed by atoms with Crippen molar-refractivity contribution in [2.75, 3.05) is 6.61 Å². The molecule has 0 aromatic heterocycles. The Morgan fingerprint density at radius 2 is 1.74 bits per heavy atom. The van der Waals surface area contributed by atoms with Gasteiger partial charge in [-0.05, 0) is 89.8 Å². The highest BCUT2D eigenvalue weighted by Crippen LogP contribution is 2.37. The van der Waals surface area contributed by atoms with Crippen molar-refractivity contribution in [3.8, 4) is 11.5 Å². The highest BCUT2D eigenvalue weighted by atomic mass is 127. The van der Waals surface area contributed by atoms with Crippen LogP contribution in [0, 0.1) is 3.57 Å². The van der Waals surface area contributed by atoms with E-state index in [1.54, 1.807) is 13.0 Å². The molecule has 12 heteroatoms. The zero-order valence-corrected chi connectivity index (χ0v) is 20.3. The Kier molecular flexibility index (Phi) is 7.19. The van der Waals surface area contributed by atoms with Crippen LogP contribution in [0.25, 0.3) is 6.08 Å². The normalized spacial score (nSPS) is 14.0. The van der Waals surface area contributed by atoms with E-state index >= 15 is 0 Å². The second-order valence-electron chi connectivity index (χ2n) is 6.05. The van der Waals surface area contributed by atoms with Crippen LogP contribution in [0.1, 0.15) is 12.5 Å². The summed E-state index contributed by atoms with van der Waals surface area (Å²) in [6.07, 6.45) is 1.34. The molecule has 1 fully saturated rings. The minimum absolute atomic E-state index is 0.0155. The van der Waals surface area contributed by atoms with Gasteiger partial charge in [-0.3, -0.25) is 20.2 Å². The van der Waals surface area contributed by atoms with E-state index in [1.165, 1.54) is 36.4 Å². The van der Waals surface area contributed by atoms with Crippen LogP contribution < -0.4 is 19.6 Å². The summed E-state index contributed by atoms with van der Waals surface area (Å²) in [6.45, 7) is 1.95. The average Bonchev–Trinajstić information content (AvgIpc) is 2.68. The number of carbonyl (C=O) groups excluding carboxylic acids is 2. The van der Waals surface area contributed by atoms with Gasteiger partial charge in [-0.2, -0.15) is 8.42 Å². The van der Waals surface area contributed by atoms with Crippen LogP contribution in [0.15, 0.2) is 46.9 Å². The fourth-order valence-electron chi connectivity index (χ4n) is 2.55. The number of benzene rings is 2. The lowest BCUT2D eigenvalue weighted by atomic mass is 10.1. The second kappa shape index (κ2) is 9.51. The Labute approximate surface area is 202 Å². The standard InChI is InChI=1S/C19H14ClIN2O6S2/c1-2-28-15-9-10(7-13-17(24)22-19(30)23-18(13)25)8-14(21)16(15)29-31(26,27)12-5-3-11(20)4-6-12/h3-9H,2H2,1H3,(H2,22,23,24,25,30). The number of carbonyl (C=O) groups is 2. The smallest absolute Gasteiger partial charge is 0.339 e. The zero-order chi connectivity index (χ0) is 22.8. The third-order valence-electron chi connectivity index (χ3n) is 3.88. The van der Waals surface area contributed by atoms with Gasteiger partial charge >= 0.3 is 10.1 Å². The van der Waals surface area contributed by atoms with Crippen molar-refractivity contribution in [2.45, 2.75) is 11.8 Å². The number of hydrogen-bond acceptors (Lipinski definition) is 7. The van der Waals surface area contributed by atoms with Crippen LogP contribution in [-0.4, -0.2) is 32.0 Å². The predicted octanol–water partition coefficient (Wildman–Crippen LogP) is 3.03. The first-order chi connectivity index (χ1) is 14.6. The summed E-state index contributed by atoms with van der Waals surface area (Å²) in [5.41, 5.74) is 0.270. The van der Waals surface area contributed by atoms with E-state index in [9.17, 15) is 18.0 Å². The van der Waals surface area contributed by atoms with E-state index in [2.05, 4.69) is 10.6 Å². The number of halogens is 2. The molecule has 0 radical (unpaired) electrons. The molecule has 8 nitrogen and oxygen atoms in total. The van der Waals surface area contributed by atoms with Crippen molar-refractivity contribution in [1.82, 2.24) is 10.6 Å².